The summed E-state index contributed by atoms with van der Waals surface area (Å²) < 4.78 is 18.3. The molecule has 0 aromatic carbocycles. The zero-order chi connectivity index (χ0) is 13.9. The van der Waals surface area contributed by atoms with E-state index < -0.39 is 25.4 Å². The molecule has 0 aromatic rings. The molecule has 0 rings (SSSR count). The minimum atomic E-state index is -2.13. The van der Waals surface area contributed by atoms with Gasteiger partial charge in [-0.1, -0.05) is 6.08 Å². The molecule has 3 nitrogen and oxygen atoms in total. The molecule has 17 heavy (non-hydrogen) atoms. The van der Waals surface area contributed by atoms with Crippen LogP contribution in [-0.2, 0) is 12.7 Å². The van der Waals surface area contributed by atoms with Crippen LogP contribution in [0.25, 0.3) is 0 Å². The summed E-state index contributed by atoms with van der Waals surface area (Å²) in [5.74, 6) is 0. The van der Waals surface area contributed by atoms with Crippen LogP contribution in [0.15, 0.2) is 12.7 Å². The van der Waals surface area contributed by atoms with E-state index in [-0.39, 0.29) is 6.10 Å². The van der Waals surface area contributed by atoms with Gasteiger partial charge >= 0.3 is 17.1 Å². The van der Waals surface area contributed by atoms with Crippen molar-refractivity contribution >= 4 is 25.4 Å². The van der Waals surface area contributed by atoms with Crippen LogP contribution in [0.4, 0.5) is 0 Å². The zero-order valence-corrected chi connectivity index (χ0v) is 15.6. The highest BCUT2D eigenvalue weighted by atomic mass is 28.5. The second-order valence-corrected chi connectivity index (χ2v) is 17.9. The summed E-state index contributed by atoms with van der Waals surface area (Å²) in [6, 6.07) is 0. The van der Waals surface area contributed by atoms with Crippen molar-refractivity contribution in [2.24, 2.45) is 0 Å². The van der Waals surface area contributed by atoms with Gasteiger partial charge in [0.1, 0.15) is 0 Å². The molecule has 0 bridgehead atoms. The summed E-state index contributed by atoms with van der Waals surface area (Å²) in [6.07, 6.45) is 1.83. The maximum absolute atomic E-state index is 6.19. The predicted molar refractivity (Wildman–Crippen MR) is 81.2 cm³/mol. The topological polar surface area (TPSA) is 27.7 Å². The summed E-state index contributed by atoms with van der Waals surface area (Å²) >= 11 is 0. The molecule has 0 aliphatic carbocycles. The molecule has 0 saturated heterocycles. The first-order valence-electron chi connectivity index (χ1n) is 6.08. The van der Waals surface area contributed by atoms with Gasteiger partial charge in [0, 0.05) is 0 Å². The van der Waals surface area contributed by atoms with E-state index in [4.69, 9.17) is 12.7 Å². The molecule has 0 fully saturated rings. The average molecular weight is 293 g/mol. The van der Waals surface area contributed by atoms with Gasteiger partial charge in [-0.05, 0) is 52.8 Å². The monoisotopic (exact) mass is 292 g/mol. The smallest absolute Gasteiger partial charge is 0.323 e. The van der Waals surface area contributed by atoms with Gasteiger partial charge in [0.15, 0.2) is 8.32 Å². The fraction of sp³-hybridized carbons (Fsp3) is 0.818. The highest BCUT2D eigenvalue weighted by molar-refractivity contribution is 6.85. The van der Waals surface area contributed by atoms with Crippen LogP contribution < -0.4 is 0 Å². The Labute approximate surface area is 110 Å². The Morgan fingerprint density at radius 1 is 0.882 bits per heavy atom. The number of rotatable bonds is 7. The Balaban J connectivity index is 4.52. The maximum Gasteiger partial charge on any atom is 0.323 e. The van der Waals surface area contributed by atoms with E-state index in [0.29, 0.717) is 0 Å². The molecule has 0 amide bonds. The first-order chi connectivity index (χ1) is 7.37. The highest BCUT2D eigenvalue weighted by Gasteiger charge is 2.39. The lowest BCUT2D eigenvalue weighted by Crippen LogP contribution is -2.53. The quantitative estimate of drug-likeness (QED) is 0.527. The van der Waals surface area contributed by atoms with Crippen LogP contribution in [0.3, 0.4) is 0 Å². The van der Waals surface area contributed by atoms with E-state index in [1.165, 1.54) is 0 Å². The molecule has 0 saturated carbocycles. The number of hydrogen-bond acceptors (Lipinski definition) is 3. The van der Waals surface area contributed by atoms with Crippen LogP contribution >= 0.6 is 0 Å². The summed E-state index contributed by atoms with van der Waals surface area (Å²) in [5.41, 5.74) is 0. The summed E-state index contributed by atoms with van der Waals surface area (Å²) in [6.45, 7) is 20.6. The second-order valence-electron chi connectivity index (χ2n) is 6.17. The van der Waals surface area contributed by atoms with Crippen molar-refractivity contribution in [3.63, 3.8) is 0 Å². The fourth-order valence-electron chi connectivity index (χ4n) is 1.87. The number of hydrogen-bond donors (Lipinski definition) is 0. The van der Waals surface area contributed by atoms with Crippen molar-refractivity contribution in [2.45, 2.75) is 58.9 Å². The molecular weight excluding hydrogens is 264 g/mol. The first-order valence-corrected chi connectivity index (χ1v) is 15.1. The minimum Gasteiger partial charge on any atom is -0.437 e. The zero-order valence-electron chi connectivity index (χ0n) is 12.6. The molecule has 0 aliphatic rings. The van der Waals surface area contributed by atoms with Crippen LogP contribution in [-0.4, -0.2) is 31.5 Å². The van der Waals surface area contributed by atoms with E-state index >= 15 is 0 Å². The Bertz CT molecular complexity index is 259. The average Bonchev–Trinajstić information content (AvgIpc) is 1.94. The molecule has 0 aliphatic heterocycles. The summed E-state index contributed by atoms with van der Waals surface area (Å²) in [4.78, 5) is 0. The van der Waals surface area contributed by atoms with Crippen LogP contribution in [0.2, 0.25) is 45.8 Å². The third-order valence-corrected chi connectivity index (χ3v) is 11.1. The van der Waals surface area contributed by atoms with E-state index in [0.717, 1.165) is 0 Å². The van der Waals surface area contributed by atoms with Crippen molar-refractivity contribution in [3.05, 3.63) is 12.7 Å². The molecule has 0 radical (unpaired) electrons. The molecule has 1 atom stereocenters. The van der Waals surface area contributed by atoms with Crippen molar-refractivity contribution in [1.29, 1.82) is 0 Å². The van der Waals surface area contributed by atoms with Gasteiger partial charge in [0.25, 0.3) is 0 Å². The Hall–Kier alpha value is 0.271. The van der Waals surface area contributed by atoms with Gasteiger partial charge in [-0.3, -0.25) is 0 Å². The lowest BCUT2D eigenvalue weighted by Gasteiger charge is -2.37. The molecule has 6 heteroatoms. The molecule has 0 N–H and O–H groups in total. The Kier molecular flexibility index (Phi) is 6.04. The Morgan fingerprint density at radius 3 is 1.71 bits per heavy atom. The van der Waals surface area contributed by atoms with Gasteiger partial charge in [-0.2, -0.15) is 0 Å². The molecular formula is C11H28O3Si3. The SMILES string of the molecule is C=CC(C)O[Si](C)(C)O[Si](C)(C)O[Si](C)(C)C. The minimum absolute atomic E-state index is 0.0355. The second kappa shape index (κ2) is 5.94. The van der Waals surface area contributed by atoms with Crippen molar-refractivity contribution in [1.82, 2.24) is 0 Å². The molecule has 102 valence electrons. The van der Waals surface area contributed by atoms with Crippen LogP contribution in [0, 0.1) is 0 Å². The van der Waals surface area contributed by atoms with Gasteiger partial charge in [0.05, 0.1) is 6.10 Å². The van der Waals surface area contributed by atoms with E-state index in [1.807, 2.05) is 6.92 Å². The summed E-state index contributed by atoms with van der Waals surface area (Å²) in [7, 11) is -5.78. The fourth-order valence-corrected chi connectivity index (χ4v) is 14.2. The van der Waals surface area contributed by atoms with Crippen molar-refractivity contribution < 1.29 is 12.7 Å². The maximum atomic E-state index is 6.19. The van der Waals surface area contributed by atoms with E-state index in [9.17, 15) is 0 Å². The lowest BCUT2D eigenvalue weighted by molar-refractivity contribution is 0.198. The van der Waals surface area contributed by atoms with E-state index in [2.05, 4.69) is 52.4 Å². The first kappa shape index (κ1) is 17.3. The van der Waals surface area contributed by atoms with Gasteiger partial charge in [0.2, 0.25) is 0 Å². The summed E-state index contributed by atoms with van der Waals surface area (Å²) in [5, 5.41) is 0. The van der Waals surface area contributed by atoms with Crippen LogP contribution in [0.5, 0.6) is 0 Å². The van der Waals surface area contributed by atoms with Crippen LogP contribution in [0.1, 0.15) is 6.92 Å². The predicted octanol–water partition coefficient (Wildman–Crippen LogP) is 3.85. The van der Waals surface area contributed by atoms with E-state index in [1.54, 1.807) is 6.08 Å². The highest BCUT2D eigenvalue weighted by Crippen LogP contribution is 2.21. The molecule has 0 aromatic heterocycles. The third-order valence-electron chi connectivity index (χ3n) is 1.85. The largest absolute Gasteiger partial charge is 0.437 e. The van der Waals surface area contributed by atoms with Gasteiger partial charge < -0.3 is 12.7 Å². The molecule has 1 unspecified atom stereocenters. The normalized spacial score (nSPS) is 15.8. The van der Waals surface area contributed by atoms with Gasteiger partial charge in [-0.15, -0.1) is 6.58 Å². The molecule has 0 spiro atoms. The van der Waals surface area contributed by atoms with Crippen molar-refractivity contribution in [3.8, 4) is 0 Å². The Morgan fingerprint density at radius 2 is 1.35 bits per heavy atom. The lowest BCUT2D eigenvalue weighted by atomic mass is 10.4. The standard InChI is InChI=1S/C11H28O3Si3/c1-10-11(2)12-16(6,7)14-17(8,9)13-15(3,4)5/h10-11H,1H2,2-9H3. The van der Waals surface area contributed by atoms with Crippen molar-refractivity contribution in [2.75, 3.05) is 0 Å². The third kappa shape index (κ3) is 8.92. The van der Waals surface area contributed by atoms with Gasteiger partial charge in [-0.25, -0.2) is 0 Å². The molecule has 0 heterocycles.